The Hall–Kier alpha value is -2.88. The van der Waals surface area contributed by atoms with Crippen LogP contribution in [0.15, 0.2) is 40.0 Å². The molecule has 0 radical (unpaired) electrons. The minimum absolute atomic E-state index is 0.220. The fourth-order valence-corrected chi connectivity index (χ4v) is 2.81. The summed E-state index contributed by atoms with van der Waals surface area (Å²) >= 11 is 1.24. The highest BCUT2D eigenvalue weighted by Gasteiger charge is 2.20. The molecule has 10 heteroatoms. The van der Waals surface area contributed by atoms with Crippen molar-refractivity contribution in [1.29, 1.82) is 0 Å². The van der Waals surface area contributed by atoms with Gasteiger partial charge in [-0.1, -0.05) is 16.9 Å². The van der Waals surface area contributed by atoms with Crippen molar-refractivity contribution in [3.05, 3.63) is 36.1 Å². The fourth-order valence-electron chi connectivity index (χ4n) is 2.00. The Labute approximate surface area is 147 Å². The lowest BCUT2D eigenvalue weighted by Crippen LogP contribution is -2.23. The van der Waals surface area contributed by atoms with Crippen LogP contribution in [0.1, 0.15) is 12.7 Å². The van der Waals surface area contributed by atoms with E-state index in [0.717, 1.165) is 11.4 Å². The van der Waals surface area contributed by atoms with Crippen molar-refractivity contribution in [1.82, 2.24) is 25.4 Å². The van der Waals surface area contributed by atoms with Gasteiger partial charge < -0.3 is 14.6 Å². The van der Waals surface area contributed by atoms with Gasteiger partial charge in [0.1, 0.15) is 11.5 Å². The van der Waals surface area contributed by atoms with E-state index >= 15 is 0 Å². The molecule has 9 nitrogen and oxygen atoms in total. The molecule has 130 valence electrons. The van der Waals surface area contributed by atoms with Gasteiger partial charge in [0.15, 0.2) is 5.82 Å². The number of nitrogens with zero attached hydrogens (tertiary/aromatic N) is 5. The van der Waals surface area contributed by atoms with Gasteiger partial charge in [0, 0.05) is 6.07 Å². The minimum Gasteiger partial charge on any atom is -0.497 e. The number of anilines is 1. The quantitative estimate of drug-likeness (QED) is 0.666. The highest BCUT2D eigenvalue weighted by molar-refractivity contribution is 8.00. The van der Waals surface area contributed by atoms with Crippen LogP contribution in [0.2, 0.25) is 0 Å². The molecule has 0 spiro atoms. The van der Waals surface area contributed by atoms with E-state index in [0.29, 0.717) is 16.7 Å². The summed E-state index contributed by atoms with van der Waals surface area (Å²) in [5.41, 5.74) is 0.771. The van der Waals surface area contributed by atoms with E-state index in [9.17, 15) is 4.79 Å². The van der Waals surface area contributed by atoms with Gasteiger partial charge in [-0.25, -0.2) is 0 Å². The number of nitrogens with one attached hydrogen (secondary N) is 1. The smallest absolute Gasteiger partial charge is 0.238 e. The van der Waals surface area contributed by atoms with E-state index < -0.39 is 5.25 Å². The molecule has 3 rings (SSSR count). The summed E-state index contributed by atoms with van der Waals surface area (Å²) in [5, 5.41) is 18.2. The van der Waals surface area contributed by atoms with E-state index in [2.05, 4.69) is 26.0 Å². The minimum atomic E-state index is -0.431. The molecule has 2 heterocycles. The molecule has 25 heavy (non-hydrogen) atoms. The molecule has 0 aliphatic heterocycles. The lowest BCUT2D eigenvalue weighted by molar-refractivity contribution is -0.115. The van der Waals surface area contributed by atoms with Crippen LogP contribution >= 0.6 is 11.8 Å². The first-order chi connectivity index (χ1) is 12.1. The summed E-state index contributed by atoms with van der Waals surface area (Å²) in [4.78, 5) is 12.3. The first-order valence-corrected chi connectivity index (χ1v) is 8.28. The number of carbonyl (C=O) groups excluding carboxylic acids is 1. The van der Waals surface area contributed by atoms with Crippen molar-refractivity contribution < 1.29 is 14.1 Å². The topological polar surface area (TPSA) is 108 Å². The van der Waals surface area contributed by atoms with E-state index in [1.165, 1.54) is 11.8 Å². The van der Waals surface area contributed by atoms with Gasteiger partial charge >= 0.3 is 0 Å². The maximum atomic E-state index is 12.3. The first kappa shape index (κ1) is 17.0. The average molecular weight is 360 g/mol. The Balaban J connectivity index is 1.70. The maximum absolute atomic E-state index is 12.3. The van der Waals surface area contributed by atoms with Gasteiger partial charge in [-0.2, -0.15) is 4.68 Å². The van der Waals surface area contributed by atoms with Gasteiger partial charge in [0.2, 0.25) is 11.1 Å². The zero-order valence-electron chi connectivity index (χ0n) is 13.8. The number of hydrogen-bond acceptors (Lipinski definition) is 8. The predicted octanol–water partition coefficient (Wildman–Crippen LogP) is 2.09. The summed E-state index contributed by atoms with van der Waals surface area (Å²) < 4.78 is 11.6. The van der Waals surface area contributed by atoms with Gasteiger partial charge in [0.25, 0.3) is 0 Å². The van der Waals surface area contributed by atoms with Crippen LogP contribution in [0.3, 0.4) is 0 Å². The average Bonchev–Trinajstić information content (AvgIpc) is 3.24. The largest absolute Gasteiger partial charge is 0.497 e. The zero-order chi connectivity index (χ0) is 17.8. The summed E-state index contributed by atoms with van der Waals surface area (Å²) in [6.45, 7) is 3.52. The summed E-state index contributed by atoms with van der Waals surface area (Å²) in [7, 11) is 1.60. The third-order valence-electron chi connectivity index (χ3n) is 3.29. The van der Waals surface area contributed by atoms with E-state index in [-0.39, 0.29) is 5.91 Å². The molecule has 0 fully saturated rings. The summed E-state index contributed by atoms with van der Waals surface area (Å²) in [6.07, 6.45) is 0. The molecule has 3 aromatic rings. The van der Waals surface area contributed by atoms with E-state index in [1.54, 1.807) is 31.7 Å². The number of amides is 1. The lowest BCUT2D eigenvalue weighted by Gasteiger charge is -2.10. The molecular formula is C15H16N6O3S. The van der Waals surface area contributed by atoms with Crippen LogP contribution in [-0.4, -0.2) is 43.6 Å². The first-order valence-electron chi connectivity index (χ1n) is 7.40. The second-order valence-corrected chi connectivity index (χ2v) is 6.45. The van der Waals surface area contributed by atoms with Crippen LogP contribution in [-0.2, 0) is 4.79 Å². The standard InChI is InChI=1S/C15H16N6O3S/c1-9-8-13(18-24-9)16-14(22)10(2)25-15-17-19-20-21(15)11-4-6-12(23-3)7-5-11/h4-8,10H,1-3H3,(H,16,18,22)/t10-/m0/s1. The normalized spacial score (nSPS) is 12.0. The molecule has 0 aliphatic rings. The number of aromatic nitrogens is 5. The third-order valence-corrected chi connectivity index (χ3v) is 4.32. The van der Waals surface area contributed by atoms with E-state index in [1.807, 2.05) is 24.3 Å². The van der Waals surface area contributed by atoms with Crippen molar-refractivity contribution in [3.63, 3.8) is 0 Å². The van der Waals surface area contributed by atoms with Crippen LogP contribution in [0.5, 0.6) is 5.75 Å². The number of thioether (sulfide) groups is 1. The van der Waals surface area contributed by atoms with Crippen LogP contribution in [0.4, 0.5) is 5.82 Å². The molecule has 0 saturated carbocycles. The highest BCUT2D eigenvalue weighted by Crippen LogP contribution is 2.24. The molecule has 0 bridgehead atoms. The number of carbonyl (C=O) groups is 1. The molecule has 1 aromatic carbocycles. The van der Waals surface area contributed by atoms with Crippen molar-refractivity contribution in [3.8, 4) is 11.4 Å². The Morgan fingerprint density at radius 3 is 2.76 bits per heavy atom. The van der Waals surface area contributed by atoms with Crippen LogP contribution < -0.4 is 10.1 Å². The zero-order valence-corrected chi connectivity index (χ0v) is 14.6. The number of methoxy groups -OCH3 is 1. The Morgan fingerprint density at radius 1 is 1.36 bits per heavy atom. The Bertz CT molecular complexity index is 860. The van der Waals surface area contributed by atoms with Crippen LogP contribution in [0, 0.1) is 6.92 Å². The van der Waals surface area contributed by atoms with Crippen LogP contribution in [0.25, 0.3) is 5.69 Å². The molecule has 1 amide bonds. The molecule has 0 aliphatic carbocycles. The van der Waals surface area contributed by atoms with E-state index in [4.69, 9.17) is 9.26 Å². The Morgan fingerprint density at radius 2 is 2.12 bits per heavy atom. The molecule has 2 aromatic heterocycles. The monoisotopic (exact) mass is 360 g/mol. The Kier molecular flexibility index (Phi) is 4.98. The van der Waals surface area contributed by atoms with Crippen molar-refractivity contribution >= 4 is 23.5 Å². The molecule has 1 atom stereocenters. The third kappa shape index (κ3) is 3.97. The van der Waals surface area contributed by atoms with Gasteiger partial charge in [-0.15, -0.1) is 5.10 Å². The number of hydrogen-bond donors (Lipinski definition) is 1. The van der Waals surface area contributed by atoms with Crippen molar-refractivity contribution in [2.45, 2.75) is 24.3 Å². The number of rotatable bonds is 6. The fraction of sp³-hybridized carbons (Fsp3) is 0.267. The summed E-state index contributed by atoms with van der Waals surface area (Å²) in [6, 6.07) is 8.95. The number of aryl methyl sites for hydroxylation is 1. The second-order valence-electron chi connectivity index (χ2n) is 5.14. The predicted molar refractivity (Wildman–Crippen MR) is 90.9 cm³/mol. The number of tetrazole rings is 1. The lowest BCUT2D eigenvalue weighted by atomic mass is 10.3. The SMILES string of the molecule is COc1ccc(-n2nnnc2S[C@@H](C)C(=O)Nc2cc(C)on2)cc1. The van der Waals surface area contributed by atoms with Crippen molar-refractivity contribution in [2.24, 2.45) is 0 Å². The highest BCUT2D eigenvalue weighted by atomic mass is 32.2. The molecule has 0 unspecified atom stereocenters. The molecular weight excluding hydrogens is 344 g/mol. The van der Waals surface area contributed by atoms with Gasteiger partial charge in [0.05, 0.1) is 18.0 Å². The van der Waals surface area contributed by atoms with Crippen molar-refractivity contribution in [2.75, 3.05) is 12.4 Å². The number of ether oxygens (including phenoxy) is 1. The summed E-state index contributed by atoms with van der Waals surface area (Å²) in [5.74, 6) is 1.52. The maximum Gasteiger partial charge on any atom is 0.238 e. The molecule has 1 N–H and O–H groups in total. The second kappa shape index (κ2) is 7.34. The van der Waals surface area contributed by atoms with Gasteiger partial charge in [-0.3, -0.25) is 4.79 Å². The van der Waals surface area contributed by atoms with Gasteiger partial charge in [-0.05, 0) is 48.5 Å². The molecule has 0 saturated heterocycles. The number of benzene rings is 1.